The predicted molar refractivity (Wildman–Crippen MR) is 98.7 cm³/mol. The van der Waals surface area contributed by atoms with E-state index in [0.717, 1.165) is 0 Å². The molecule has 136 valence electrons. The van der Waals surface area contributed by atoms with E-state index < -0.39 is 11.9 Å². The van der Waals surface area contributed by atoms with Gasteiger partial charge in [-0.05, 0) is 30.3 Å². The Morgan fingerprint density at radius 2 is 1.74 bits per heavy atom. The van der Waals surface area contributed by atoms with Gasteiger partial charge in [0.15, 0.2) is 0 Å². The standard InChI is InChI=1S/C20H16N2O5/c1-26-20(25)15-7-3-2-6-14(15)18-11-10-13(27-18)12-21-22-19(24)16-8-4-5-9-17(16)23/h2-12,23H,1H3,(H,22,24)/b21-12-. The Morgan fingerprint density at radius 1 is 1.04 bits per heavy atom. The van der Waals surface area contributed by atoms with E-state index in [4.69, 9.17) is 9.15 Å². The molecule has 27 heavy (non-hydrogen) atoms. The summed E-state index contributed by atoms with van der Waals surface area (Å²) in [6, 6.07) is 16.4. The topological polar surface area (TPSA) is 101 Å². The zero-order valence-corrected chi connectivity index (χ0v) is 14.4. The maximum atomic E-state index is 12.0. The summed E-state index contributed by atoms with van der Waals surface area (Å²) in [6.45, 7) is 0. The molecule has 1 amide bonds. The highest BCUT2D eigenvalue weighted by Gasteiger charge is 2.15. The fourth-order valence-electron chi connectivity index (χ4n) is 2.43. The van der Waals surface area contributed by atoms with Crippen molar-refractivity contribution in [3.05, 3.63) is 77.6 Å². The normalized spacial score (nSPS) is 10.7. The van der Waals surface area contributed by atoms with Gasteiger partial charge in [-0.25, -0.2) is 10.2 Å². The molecule has 3 rings (SSSR count). The lowest BCUT2D eigenvalue weighted by atomic mass is 10.1. The van der Waals surface area contributed by atoms with Gasteiger partial charge in [0.25, 0.3) is 5.91 Å². The molecule has 7 heteroatoms. The molecule has 3 aromatic rings. The molecule has 2 N–H and O–H groups in total. The Balaban J connectivity index is 1.74. The Morgan fingerprint density at radius 3 is 2.48 bits per heavy atom. The van der Waals surface area contributed by atoms with Gasteiger partial charge in [-0.3, -0.25) is 4.79 Å². The lowest BCUT2D eigenvalue weighted by Crippen LogP contribution is -2.17. The molecule has 7 nitrogen and oxygen atoms in total. The molecule has 1 heterocycles. The molecule has 0 saturated carbocycles. The second-order valence-corrected chi connectivity index (χ2v) is 5.46. The number of hydrogen-bond donors (Lipinski definition) is 2. The number of para-hydroxylation sites is 1. The highest BCUT2D eigenvalue weighted by molar-refractivity contribution is 5.97. The summed E-state index contributed by atoms with van der Waals surface area (Å²) in [4.78, 5) is 23.8. The maximum absolute atomic E-state index is 12.0. The Labute approximate surface area is 154 Å². The first kappa shape index (κ1) is 17.9. The Kier molecular flexibility index (Phi) is 5.32. The minimum atomic E-state index is -0.549. The number of carbonyl (C=O) groups is 2. The van der Waals surface area contributed by atoms with Crippen LogP contribution in [0.4, 0.5) is 0 Å². The third-order valence-corrected chi connectivity index (χ3v) is 3.73. The van der Waals surface area contributed by atoms with Crippen LogP contribution in [0.3, 0.4) is 0 Å². The van der Waals surface area contributed by atoms with E-state index in [-0.39, 0.29) is 11.3 Å². The van der Waals surface area contributed by atoms with E-state index >= 15 is 0 Å². The van der Waals surface area contributed by atoms with Crippen LogP contribution in [0.25, 0.3) is 11.3 Å². The molecule has 0 bridgehead atoms. The number of nitrogens with one attached hydrogen (secondary N) is 1. The summed E-state index contributed by atoms with van der Waals surface area (Å²) >= 11 is 0. The van der Waals surface area contributed by atoms with Crippen LogP contribution in [-0.4, -0.2) is 30.3 Å². The summed E-state index contributed by atoms with van der Waals surface area (Å²) in [5, 5.41) is 13.5. The fraction of sp³-hybridized carbons (Fsp3) is 0.0500. The monoisotopic (exact) mass is 364 g/mol. The number of aromatic hydroxyl groups is 1. The van der Waals surface area contributed by atoms with Crippen molar-refractivity contribution in [1.82, 2.24) is 5.43 Å². The number of methoxy groups -OCH3 is 1. The molecule has 0 aliphatic rings. The minimum absolute atomic E-state index is 0.113. The summed E-state index contributed by atoms with van der Waals surface area (Å²) in [5.41, 5.74) is 3.39. The SMILES string of the molecule is COC(=O)c1ccccc1-c1ccc(/C=N\NC(=O)c2ccccc2O)o1. The molecular formula is C20H16N2O5. The van der Waals surface area contributed by atoms with E-state index in [1.807, 2.05) is 0 Å². The number of hydrogen-bond acceptors (Lipinski definition) is 6. The molecule has 0 aliphatic carbocycles. The van der Waals surface area contributed by atoms with Crippen LogP contribution >= 0.6 is 0 Å². The number of ether oxygens (including phenoxy) is 1. The van der Waals surface area contributed by atoms with Crippen LogP contribution in [0.2, 0.25) is 0 Å². The third kappa shape index (κ3) is 4.04. The number of hydrazone groups is 1. The highest BCUT2D eigenvalue weighted by Crippen LogP contribution is 2.26. The van der Waals surface area contributed by atoms with Crippen molar-refractivity contribution in [2.24, 2.45) is 5.10 Å². The van der Waals surface area contributed by atoms with Crippen molar-refractivity contribution in [2.45, 2.75) is 0 Å². The number of phenolic OH excluding ortho intramolecular Hbond substituents is 1. The van der Waals surface area contributed by atoms with Crippen LogP contribution in [0.5, 0.6) is 5.75 Å². The number of amides is 1. The molecule has 0 saturated heterocycles. The molecule has 0 aliphatic heterocycles. The van der Waals surface area contributed by atoms with E-state index in [2.05, 4.69) is 10.5 Å². The number of phenols is 1. The lowest BCUT2D eigenvalue weighted by molar-refractivity contribution is 0.0601. The lowest BCUT2D eigenvalue weighted by Gasteiger charge is -2.04. The van der Waals surface area contributed by atoms with Gasteiger partial charge in [0, 0.05) is 5.56 Å². The highest BCUT2D eigenvalue weighted by atomic mass is 16.5. The Bertz CT molecular complexity index is 1010. The Hall–Kier alpha value is -3.87. The molecule has 2 aromatic carbocycles. The number of carbonyl (C=O) groups excluding carboxylic acids is 2. The predicted octanol–water partition coefficient (Wildman–Crippen LogP) is 3.20. The minimum Gasteiger partial charge on any atom is -0.507 e. The van der Waals surface area contributed by atoms with Gasteiger partial charge in [-0.2, -0.15) is 5.10 Å². The molecule has 0 radical (unpaired) electrons. The third-order valence-electron chi connectivity index (χ3n) is 3.73. The molecule has 0 atom stereocenters. The van der Waals surface area contributed by atoms with Gasteiger partial charge >= 0.3 is 5.97 Å². The number of furan rings is 1. The smallest absolute Gasteiger partial charge is 0.338 e. The van der Waals surface area contributed by atoms with Gasteiger partial charge in [0.1, 0.15) is 17.3 Å². The van der Waals surface area contributed by atoms with Gasteiger partial charge in [-0.1, -0.05) is 30.3 Å². The second-order valence-electron chi connectivity index (χ2n) is 5.46. The largest absolute Gasteiger partial charge is 0.507 e. The van der Waals surface area contributed by atoms with Crippen LogP contribution < -0.4 is 5.43 Å². The summed E-state index contributed by atoms with van der Waals surface area (Å²) in [6.07, 6.45) is 1.32. The first-order chi connectivity index (χ1) is 13.1. The van der Waals surface area contributed by atoms with Crippen molar-refractivity contribution in [3.63, 3.8) is 0 Å². The first-order valence-electron chi connectivity index (χ1n) is 7.99. The van der Waals surface area contributed by atoms with Gasteiger partial charge in [-0.15, -0.1) is 0 Å². The average molecular weight is 364 g/mol. The summed E-state index contributed by atoms with van der Waals surface area (Å²) in [7, 11) is 1.31. The molecule has 1 aromatic heterocycles. The van der Waals surface area contributed by atoms with Crippen LogP contribution in [0.1, 0.15) is 26.5 Å². The second kappa shape index (κ2) is 8.01. The van der Waals surface area contributed by atoms with Crippen LogP contribution in [-0.2, 0) is 4.74 Å². The maximum Gasteiger partial charge on any atom is 0.338 e. The number of benzene rings is 2. The van der Waals surface area contributed by atoms with E-state index in [0.29, 0.717) is 22.6 Å². The first-order valence-corrected chi connectivity index (χ1v) is 7.99. The van der Waals surface area contributed by atoms with Crippen molar-refractivity contribution in [3.8, 4) is 17.1 Å². The van der Waals surface area contributed by atoms with Crippen LogP contribution in [0.15, 0.2) is 70.2 Å². The van der Waals surface area contributed by atoms with E-state index in [1.54, 1.807) is 48.5 Å². The van der Waals surface area contributed by atoms with Gasteiger partial charge < -0.3 is 14.3 Å². The quantitative estimate of drug-likeness (QED) is 0.411. The van der Waals surface area contributed by atoms with E-state index in [9.17, 15) is 14.7 Å². The zero-order chi connectivity index (χ0) is 19.2. The molecule has 0 fully saturated rings. The number of rotatable bonds is 5. The molecule has 0 spiro atoms. The number of esters is 1. The van der Waals surface area contributed by atoms with E-state index in [1.165, 1.54) is 25.5 Å². The van der Waals surface area contributed by atoms with Gasteiger partial charge in [0.05, 0.1) is 24.5 Å². The van der Waals surface area contributed by atoms with Crippen molar-refractivity contribution in [2.75, 3.05) is 7.11 Å². The molecule has 0 unspecified atom stereocenters. The van der Waals surface area contributed by atoms with Gasteiger partial charge in [0.2, 0.25) is 0 Å². The average Bonchev–Trinajstić information content (AvgIpc) is 3.16. The summed E-state index contributed by atoms with van der Waals surface area (Å²) in [5.74, 6) is -0.309. The summed E-state index contributed by atoms with van der Waals surface area (Å²) < 4.78 is 10.4. The fourth-order valence-corrected chi connectivity index (χ4v) is 2.43. The van der Waals surface area contributed by atoms with Crippen LogP contribution in [0, 0.1) is 0 Å². The molecular weight excluding hydrogens is 348 g/mol. The number of nitrogens with zero attached hydrogens (tertiary/aromatic N) is 1. The zero-order valence-electron chi connectivity index (χ0n) is 14.4. The van der Waals surface area contributed by atoms with Crippen molar-refractivity contribution in [1.29, 1.82) is 0 Å². The van der Waals surface area contributed by atoms with Crippen molar-refractivity contribution < 1.29 is 23.8 Å². The van der Waals surface area contributed by atoms with Crippen molar-refractivity contribution >= 4 is 18.1 Å².